The molecule has 3 rings (SSSR count). The zero-order valence-corrected chi connectivity index (χ0v) is 17.5. The molecule has 154 valence electrons. The standard InChI is InChI=1S/C25H33N3O/c1-2-10-24(23-14-7-4-8-15-23)26-25(29)21-28-19-17-27(18-20-28)16-9-13-22-11-5-3-6-12-22/h3-9,11-15,24H,2,10,16-21H2,1H3,(H,26,29)/b13-9+/t24-/m0/s1. The van der Waals surface area contributed by atoms with Gasteiger partial charge in [-0.2, -0.15) is 0 Å². The van der Waals surface area contributed by atoms with Crippen LogP contribution in [0.15, 0.2) is 66.7 Å². The van der Waals surface area contributed by atoms with E-state index in [0.717, 1.165) is 45.6 Å². The van der Waals surface area contributed by atoms with Crippen molar-refractivity contribution in [3.8, 4) is 0 Å². The van der Waals surface area contributed by atoms with Gasteiger partial charge in [-0.15, -0.1) is 0 Å². The van der Waals surface area contributed by atoms with Crippen molar-refractivity contribution in [2.75, 3.05) is 39.3 Å². The van der Waals surface area contributed by atoms with Gasteiger partial charge in [0.15, 0.2) is 0 Å². The third-order valence-electron chi connectivity index (χ3n) is 5.42. The molecule has 0 bridgehead atoms. The molecular weight excluding hydrogens is 358 g/mol. The monoisotopic (exact) mass is 391 g/mol. The Balaban J connectivity index is 1.40. The minimum atomic E-state index is 0.109. The molecule has 2 aromatic carbocycles. The van der Waals surface area contributed by atoms with Crippen molar-refractivity contribution in [3.63, 3.8) is 0 Å². The molecule has 0 saturated carbocycles. The van der Waals surface area contributed by atoms with Crippen LogP contribution in [0.3, 0.4) is 0 Å². The molecule has 1 atom stereocenters. The normalized spacial score (nSPS) is 16.7. The first kappa shape index (κ1) is 21.3. The quantitative estimate of drug-likeness (QED) is 0.702. The molecule has 1 fully saturated rings. The van der Waals surface area contributed by atoms with Crippen LogP contribution in [0.4, 0.5) is 0 Å². The zero-order valence-electron chi connectivity index (χ0n) is 17.5. The maximum atomic E-state index is 12.6. The van der Waals surface area contributed by atoms with Crippen molar-refractivity contribution >= 4 is 12.0 Å². The van der Waals surface area contributed by atoms with E-state index in [1.54, 1.807) is 0 Å². The fourth-order valence-electron chi connectivity index (χ4n) is 3.77. The predicted molar refractivity (Wildman–Crippen MR) is 121 cm³/mol. The number of benzene rings is 2. The van der Waals surface area contributed by atoms with E-state index in [2.05, 4.69) is 70.6 Å². The average molecular weight is 392 g/mol. The van der Waals surface area contributed by atoms with Gasteiger partial charge < -0.3 is 5.32 Å². The minimum absolute atomic E-state index is 0.109. The summed E-state index contributed by atoms with van der Waals surface area (Å²) >= 11 is 0. The first-order chi connectivity index (χ1) is 14.2. The van der Waals surface area contributed by atoms with Crippen LogP contribution in [-0.2, 0) is 4.79 Å². The second-order valence-corrected chi connectivity index (χ2v) is 7.71. The third-order valence-corrected chi connectivity index (χ3v) is 5.42. The van der Waals surface area contributed by atoms with Gasteiger partial charge in [-0.05, 0) is 17.5 Å². The number of nitrogens with one attached hydrogen (secondary N) is 1. The van der Waals surface area contributed by atoms with Gasteiger partial charge in [-0.25, -0.2) is 0 Å². The Labute approximate surface area is 175 Å². The van der Waals surface area contributed by atoms with Gasteiger partial charge in [0.1, 0.15) is 0 Å². The van der Waals surface area contributed by atoms with E-state index < -0.39 is 0 Å². The Bertz CT molecular complexity index is 752. The molecule has 1 aliphatic heterocycles. The number of hydrogen-bond acceptors (Lipinski definition) is 3. The van der Waals surface area contributed by atoms with Crippen LogP contribution in [0, 0.1) is 0 Å². The SMILES string of the molecule is CCC[C@H](NC(=O)CN1CCN(C/C=C/c2ccccc2)CC1)c1ccccc1. The molecule has 4 heteroatoms. The molecule has 0 radical (unpaired) electrons. The summed E-state index contributed by atoms with van der Waals surface area (Å²) in [5, 5.41) is 3.24. The van der Waals surface area contributed by atoms with Crippen LogP contribution in [-0.4, -0.2) is 55.0 Å². The highest BCUT2D eigenvalue weighted by Gasteiger charge is 2.20. The van der Waals surface area contributed by atoms with Gasteiger partial charge in [-0.3, -0.25) is 14.6 Å². The van der Waals surface area contributed by atoms with Crippen LogP contribution in [0.5, 0.6) is 0 Å². The first-order valence-electron chi connectivity index (χ1n) is 10.7. The van der Waals surface area contributed by atoms with E-state index >= 15 is 0 Å². The lowest BCUT2D eigenvalue weighted by Gasteiger charge is -2.34. The van der Waals surface area contributed by atoms with Gasteiger partial charge in [0.2, 0.25) is 5.91 Å². The summed E-state index contributed by atoms with van der Waals surface area (Å²) in [5.41, 5.74) is 2.43. The van der Waals surface area contributed by atoms with Crippen molar-refractivity contribution in [1.82, 2.24) is 15.1 Å². The van der Waals surface area contributed by atoms with Crippen molar-refractivity contribution < 1.29 is 4.79 Å². The molecule has 0 aromatic heterocycles. The minimum Gasteiger partial charge on any atom is -0.348 e. The predicted octanol–water partition coefficient (Wildman–Crippen LogP) is 3.98. The maximum absolute atomic E-state index is 12.6. The molecule has 0 unspecified atom stereocenters. The number of carbonyl (C=O) groups is 1. The Morgan fingerprint density at radius 2 is 1.59 bits per heavy atom. The van der Waals surface area contributed by atoms with Crippen LogP contribution in [0.2, 0.25) is 0 Å². The maximum Gasteiger partial charge on any atom is 0.234 e. The summed E-state index contributed by atoms with van der Waals surface area (Å²) in [7, 11) is 0. The van der Waals surface area contributed by atoms with E-state index in [4.69, 9.17) is 0 Å². The molecule has 0 spiro atoms. The molecule has 1 aliphatic rings. The molecule has 1 heterocycles. The van der Waals surface area contributed by atoms with Gasteiger partial charge in [0.25, 0.3) is 0 Å². The van der Waals surface area contributed by atoms with E-state index in [1.165, 1.54) is 11.1 Å². The highest BCUT2D eigenvalue weighted by atomic mass is 16.2. The Hall–Kier alpha value is -2.43. The van der Waals surface area contributed by atoms with Gasteiger partial charge >= 0.3 is 0 Å². The highest BCUT2D eigenvalue weighted by molar-refractivity contribution is 5.78. The lowest BCUT2D eigenvalue weighted by molar-refractivity contribution is -0.123. The van der Waals surface area contributed by atoms with E-state index in [9.17, 15) is 4.79 Å². The van der Waals surface area contributed by atoms with Crippen molar-refractivity contribution in [3.05, 3.63) is 77.9 Å². The largest absolute Gasteiger partial charge is 0.348 e. The van der Waals surface area contributed by atoms with Crippen LogP contribution >= 0.6 is 0 Å². The van der Waals surface area contributed by atoms with Crippen molar-refractivity contribution in [1.29, 1.82) is 0 Å². The smallest absolute Gasteiger partial charge is 0.234 e. The molecular formula is C25H33N3O. The fraction of sp³-hybridized carbons (Fsp3) is 0.400. The van der Waals surface area contributed by atoms with Gasteiger partial charge in [0, 0.05) is 32.7 Å². The number of nitrogens with zero attached hydrogens (tertiary/aromatic N) is 2. The van der Waals surface area contributed by atoms with Gasteiger partial charge in [-0.1, -0.05) is 86.2 Å². The highest BCUT2D eigenvalue weighted by Crippen LogP contribution is 2.18. The summed E-state index contributed by atoms with van der Waals surface area (Å²) in [5.74, 6) is 0.129. The lowest BCUT2D eigenvalue weighted by atomic mass is 10.0. The average Bonchev–Trinajstić information content (AvgIpc) is 2.76. The fourth-order valence-corrected chi connectivity index (χ4v) is 3.77. The number of piperazine rings is 1. The van der Waals surface area contributed by atoms with E-state index in [0.29, 0.717) is 6.54 Å². The van der Waals surface area contributed by atoms with Crippen molar-refractivity contribution in [2.24, 2.45) is 0 Å². The second kappa shape index (κ2) is 11.5. The molecule has 0 aliphatic carbocycles. The summed E-state index contributed by atoms with van der Waals surface area (Å²) in [6.07, 6.45) is 6.43. The van der Waals surface area contributed by atoms with E-state index in [1.807, 2.05) is 24.3 Å². The van der Waals surface area contributed by atoms with E-state index in [-0.39, 0.29) is 11.9 Å². The number of amides is 1. The topological polar surface area (TPSA) is 35.6 Å². The Kier molecular flexibility index (Phi) is 8.47. The molecule has 1 saturated heterocycles. The lowest BCUT2D eigenvalue weighted by Crippen LogP contribution is -2.49. The van der Waals surface area contributed by atoms with Gasteiger partial charge in [0.05, 0.1) is 12.6 Å². The molecule has 4 nitrogen and oxygen atoms in total. The summed E-state index contributed by atoms with van der Waals surface area (Å²) in [6.45, 7) is 7.50. The zero-order chi connectivity index (χ0) is 20.3. The molecule has 1 N–H and O–H groups in total. The number of rotatable bonds is 9. The summed E-state index contributed by atoms with van der Waals surface area (Å²) in [6, 6.07) is 20.8. The second-order valence-electron chi connectivity index (χ2n) is 7.71. The molecule has 29 heavy (non-hydrogen) atoms. The molecule has 2 aromatic rings. The van der Waals surface area contributed by atoms with Crippen molar-refractivity contribution in [2.45, 2.75) is 25.8 Å². The number of carbonyl (C=O) groups excluding carboxylic acids is 1. The van der Waals surface area contributed by atoms with Crippen LogP contribution in [0.1, 0.15) is 36.9 Å². The third kappa shape index (κ3) is 7.15. The number of hydrogen-bond donors (Lipinski definition) is 1. The summed E-state index contributed by atoms with van der Waals surface area (Å²) in [4.78, 5) is 17.3. The molecule has 1 amide bonds. The van der Waals surface area contributed by atoms with Crippen LogP contribution in [0.25, 0.3) is 6.08 Å². The first-order valence-corrected chi connectivity index (χ1v) is 10.7. The van der Waals surface area contributed by atoms with Crippen LogP contribution < -0.4 is 5.32 Å². The Morgan fingerprint density at radius 1 is 0.966 bits per heavy atom. The Morgan fingerprint density at radius 3 is 2.24 bits per heavy atom. The summed E-state index contributed by atoms with van der Waals surface area (Å²) < 4.78 is 0.